The van der Waals surface area contributed by atoms with Gasteiger partial charge in [0.05, 0.1) is 11.9 Å². The van der Waals surface area contributed by atoms with E-state index in [0.717, 1.165) is 31.9 Å². The summed E-state index contributed by atoms with van der Waals surface area (Å²) in [4.78, 5) is 2.49. The van der Waals surface area contributed by atoms with Crippen LogP contribution in [0.5, 0.6) is 0 Å². The van der Waals surface area contributed by atoms with Gasteiger partial charge in [0.1, 0.15) is 0 Å². The first-order valence-electron chi connectivity index (χ1n) is 7.27. The molecule has 2 aromatic rings. The van der Waals surface area contributed by atoms with Crippen molar-refractivity contribution in [2.75, 3.05) is 19.6 Å². The normalized spacial score (nSPS) is 19.2. The number of rotatable bonds is 3. The maximum Gasteiger partial charge on any atom is 0.0695 e. The smallest absolute Gasteiger partial charge is 0.0695 e. The molecule has 1 fully saturated rings. The highest BCUT2D eigenvalue weighted by atomic mass is 35.5. The number of piperazine rings is 1. The standard InChI is InChI=1S/C16H22N4.ClH/c1-12-4-3-5-14(8-12)16-15(9-18-19-16)11-20-7-6-17-13(2)10-20;/h3-5,8-9,13,17H,6-7,10-11H2,1-2H3,(H,18,19);1H/t13-;/m0./s1. The van der Waals surface area contributed by atoms with Crippen molar-refractivity contribution in [1.29, 1.82) is 0 Å². The second kappa shape index (κ2) is 7.07. The van der Waals surface area contributed by atoms with Gasteiger partial charge in [0.2, 0.25) is 0 Å². The molecule has 1 saturated heterocycles. The summed E-state index contributed by atoms with van der Waals surface area (Å²) < 4.78 is 0. The lowest BCUT2D eigenvalue weighted by molar-refractivity contribution is 0.200. The first-order chi connectivity index (χ1) is 9.72. The van der Waals surface area contributed by atoms with Crippen molar-refractivity contribution in [3.05, 3.63) is 41.6 Å². The van der Waals surface area contributed by atoms with Crippen molar-refractivity contribution < 1.29 is 0 Å². The summed E-state index contributed by atoms with van der Waals surface area (Å²) in [5.41, 5.74) is 4.93. The molecule has 0 saturated carbocycles. The molecule has 2 N–H and O–H groups in total. The van der Waals surface area contributed by atoms with Crippen LogP contribution in [0.15, 0.2) is 30.5 Å². The first-order valence-corrected chi connectivity index (χ1v) is 7.27. The fourth-order valence-corrected chi connectivity index (χ4v) is 2.88. The maximum absolute atomic E-state index is 4.25. The highest BCUT2D eigenvalue weighted by Gasteiger charge is 2.18. The summed E-state index contributed by atoms with van der Waals surface area (Å²) >= 11 is 0. The molecule has 1 aliphatic rings. The van der Waals surface area contributed by atoms with Crippen molar-refractivity contribution in [1.82, 2.24) is 20.4 Å². The van der Waals surface area contributed by atoms with Crippen molar-refractivity contribution >= 4 is 12.4 Å². The van der Waals surface area contributed by atoms with Crippen LogP contribution in [0.2, 0.25) is 0 Å². The van der Waals surface area contributed by atoms with E-state index >= 15 is 0 Å². The Morgan fingerprint density at radius 2 is 2.24 bits per heavy atom. The number of halogens is 1. The van der Waals surface area contributed by atoms with Crippen LogP contribution in [0.1, 0.15) is 18.1 Å². The third-order valence-corrected chi connectivity index (χ3v) is 3.87. The highest BCUT2D eigenvalue weighted by molar-refractivity contribution is 5.85. The molecule has 1 aromatic heterocycles. The quantitative estimate of drug-likeness (QED) is 0.916. The minimum absolute atomic E-state index is 0. The van der Waals surface area contributed by atoms with Gasteiger partial charge >= 0.3 is 0 Å². The Kier molecular flexibility index (Phi) is 5.39. The fourth-order valence-electron chi connectivity index (χ4n) is 2.88. The molecule has 0 unspecified atom stereocenters. The number of H-pyrrole nitrogens is 1. The van der Waals surface area contributed by atoms with E-state index in [1.54, 1.807) is 0 Å². The molecule has 3 rings (SSSR count). The van der Waals surface area contributed by atoms with E-state index in [2.05, 4.69) is 58.5 Å². The number of benzene rings is 1. The largest absolute Gasteiger partial charge is 0.312 e. The number of aromatic nitrogens is 2. The van der Waals surface area contributed by atoms with E-state index in [9.17, 15) is 0 Å². The van der Waals surface area contributed by atoms with Crippen molar-refractivity contribution in [2.24, 2.45) is 0 Å². The number of aromatic amines is 1. The first kappa shape index (κ1) is 16.0. The van der Waals surface area contributed by atoms with Crippen LogP contribution in [0, 0.1) is 6.92 Å². The van der Waals surface area contributed by atoms with Crippen LogP contribution in [0.4, 0.5) is 0 Å². The van der Waals surface area contributed by atoms with Gasteiger partial charge in [0.15, 0.2) is 0 Å². The van der Waals surface area contributed by atoms with E-state index in [1.807, 2.05) is 6.20 Å². The van der Waals surface area contributed by atoms with Crippen LogP contribution in [0.25, 0.3) is 11.3 Å². The molecular weight excluding hydrogens is 284 g/mol. The molecule has 4 nitrogen and oxygen atoms in total. The zero-order valence-corrected chi connectivity index (χ0v) is 13.4. The second-order valence-corrected chi connectivity index (χ2v) is 5.73. The lowest BCUT2D eigenvalue weighted by atomic mass is 10.1. The molecule has 0 aliphatic carbocycles. The summed E-state index contributed by atoms with van der Waals surface area (Å²) in [6, 6.07) is 9.14. The average molecular weight is 307 g/mol. The predicted octanol–water partition coefficient (Wildman–Crippen LogP) is 2.60. The maximum atomic E-state index is 4.25. The molecule has 0 radical (unpaired) electrons. The summed E-state index contributed by atoms with van der Waals surface area (Å²) in [6.45, 7) is 8.59. The van der Waals surface area contributed by atoms with Gasteiger partial charge in [0.25, 0.3) is 0 Å². The van der Waals surface area contributed by atoms with Gasteiger partial charge in [-0.25, -0.2) is 0 Å². The van der Waals surface area contributed by atoms with Gasteiger partial charge < -0.3 is 5.32 Å². The summed E-state index contributed by atoms with van der Waals surface area (Å²) in [5, 5.41) is 10.9. The van der Waals surface area contributed by atoms with Crippen molar-refractivity contribution in [3.63, 3.8) is 0 Å². The molecule has 0 bridgehead atoms. The lowest BCUT2D eigenvalue weighted by Crippen LogP contribution is -2.48. The van der Waals surface area contributed by atoms with Crippen LogP contribution in [0.3, 0.4) is 0 Å². The van der Waals surface area contributed by atoms with E-state index in [0.29, 0.717) is 6.04 Å². The Balaban J connectivity index is 0.00000161. The molecule has 5 heteroatoms. The van der Waals surface area contributed by atoms with Crippen molar-refractivity contribution in [3.8, 4) is 11.3 Å². The third-order valence-electron chi connectivity index (χ3n) is 3.87. The number of nitrogens with one attached hydrogen (secondary N) is 2. The predicted molar refractivity (Wildman–Crippen MR) is 88.8 cm³/mol. The molecule has 0 spiro atoms. The second-order valence-electron chi connectivity index (χ2n) is 5.73. The highest BCUT2D eigenvalue weighted by Crippen LogP contribution is 2.23. The minimum Gasteiger partial charge on any atom is -0.312 e. The molecule has 2 heterocycles. The van der Waals surface area contributed by atoms with Gasteiger partial charge in [-0.3, -0.25) is 10.00 Å². The summed E-state index contributed by atoms with van der Waals surface area (Å²) in [6.07, 6.45) is 1.96. The van der Waals surface area contributed by atoms with Crippen LogP contribution in [-0.2, 0) is 6.54 Å². The van der Waals surface area contributed by atoms with E-state index in [4.69, 9.17) is 0 Å². The zero-order valence-electron chi connectivity index (χ0n) is 12.6. The minimum atomic E-state index is 0. The van der Waals surface area contributed by atoms with Crippen molar-refractivity contribution in [2.45, 2.75) is 26.4 Å². The number of hydrogen-bond acceptors (Lipinski definition) is 3. The lowest BCUT2D eigenvalue weighted by Gasteiger charge is -2.31. The number of hydrogen-bond donors (Lipinski definition) is 2. The number of nitrogens with zero attached hydrogens (tertiary/aromatic N) is 2. The molecule has 1 aliphatic heterocycles. The molecule has 21 heavy (non-hydrogen) atoms. The molecule has 114 valence electrons. The van der Waals surface area contributed by atoms with E-state index in [-0.39, 0.29) is 12.4 Å². The van der Waals surface area contributed by atoms with Gasteiger partial charge in [-0.15, -0.1) is 12.4 Å². The van der Waals surface area contributed by atoms with Crippen LogP contribution in [-0.4, -0.2) is 40.8 Å². The molecular formula is C16H23ClN4. The van der Waals surface area contributed by atoms with Gasteiger partial charge in [-0.2, -0.15) is 5.10 Å². The Labute approximate surface area is 132 Å². The Morgan fingerprint density at radius 3 is 3.00 bits per heavy atom. The van der Waals surface area contributed by atoms with Gasteiger partial charge in [-0.05, 0) is 19.9 Å². The third kappa shape index (κ3) is 3.84. The summed E-state index contributed by atoms with van der Waals surface area (Å²) in [5.74, 6) is 0. The zero-order chi connectivity index (χ0) is 13.9. The average Bonchev–Trinajstić information content (AvgIpc) is 2.87. The van der Waals surface area contributed by atoms with E-state index in [1.165, 1.54) is 16.7 Å². The van der Waals surface area contributed by atoms with Crippen LogP contribution < -0.4 is 5.32 Å². The topological polar surface area (TPSA) is 44.0 Å². The Hall–Kier alpha value is -1.36. The van der Waals surface area contributed by atoms with E-state index < -0.39 is 0 Å². The van der Waals surface area contributed by atoms with Gasteiger partial charge in [0, 0.05) is 43.3 Å². The molecule has 1 aromatic carbocycles. The Bertz CT molecular complexity index is 581. The Morgan fingerprint density at radius 1 is 1.38 bits per heavy atom. The van der Waals surface area contributed by atoms with Crippen LogP contribution >= 0.6 is 12.4 Å². The SMILES string of the molecule is Cc1cccc(-c2[nH]ncc2CN2CCN[C@@H](C)C2)c1.Cl. The molecule has 0 amide bonds. The molecule has 1 atom stereocenters. The number of aryl methyl sites for hydroxylation is 1. The van der Waals surface area contributed by atoms with Gasteiger partial charge in [-0.1, -0.05) is 23.8 Å². The summed E-state index contributed by atoms with van der Waals surface area (Å²) in [7, 11) is 0. The monoisotopic (exact) mass is 306 g/mol. The fraction of sp³-hybridized carbons (Fsp3) is 0.438.